The van der Waals surface area contributed by atoms with E-state index >= 15 is 0 Å². The molecule has 1 aromatic rings. The van der Waals surface area contributed by atoms with E-state index in [0.29, 0.717) is 0 Å². The maximum absolute atomic E-state index is 5.53. The SMILES string of the molecule is ClCCCNCc1ccccn1. The Morgan fingerprint density at radius 1 is 1.42 bits per heavy atom. The van der Waals surface area contributed by atoms with Gasteiger partial charge in [0.05, 0.1) is 5.69 Å². The normalized spacial score (nSPS) is 10.1. The predicted molar refractivity (Wildman–Crippen MR) is 51.3 cm³/mol. The number of nitrogens with zero attached hydrogens (tertiary/aromatic N) is 1. The molecular formula is C9H13ClN2. The second-order valence-corrected chi connectivity index (χ2v) is 2.92. The van der Waals surface area contributed by atoms with Gasteiger partial charge in [0.1, 0.15) is 0 Å². The monoisotopic (exact) mass is 184 g/mol. The fourth-order valence-electron chi connectivity index (χ4n) is 0.911. The highest BCUT2D eigenvalue weighted by molar-refractivity contribution is 6.17. The first kappa shape index (κ1) is 9.49. The van der Waals surface area contributed by atoms with E-state index in [2.05, 4.69) is 10.3 Å². The van der Waals surface area contributed by atoms with Crippen molar-refractivity contribution < 1.29 is 0 Å². The molecule has 1 rings (SSSR count). The first-order chi connectivity index (χ1) is 5.93. The summed E-state index contributed by atoms with van der Waals surface area (Å²) in [5.74, 6) is 0.717. The lowest BCUT2D eigenvalue weighted by Crippen LogP contribution is -2.15. The third kappa shape index (κ3) is 3.69. The summed E-state index contributed by atoms with van der Waals surface area (Å²) in [5.41, 5.74) is 1.08. The first-order valence-electron chi connectivity index (χ1n) is 4.10. The summed E-state index contributed by atoms with van der Waals surface area (Å²) >= 11 is 5.53. The number of hydrogen-bond donors (Lipinski definition) is 1. The third-order valence-electron chi connectivity index (χ3n) is 1.52. The van der Waals surface area contributed by atoms with Crippen LogP contribution in [0.25, 0.3) is 0 Å². The largest absolute Gasteiger partial charge is 0.311 e. The summed E-state index contributed by atoms with van der Waals surface area (Å²) in [6, 6.07) is 5.92. The predicted octanol–water partition coefficient (Wildman–Crippen LogP) is 1.80. The Morgan fingerprint density at radius 2 is 2.33 bits per heavy atom. The van der Waals surface area contributed by atoms with Gasteiger partial charge in [-0.05, 0) is 25.1 Å². The van der Waals surface area contributed by atoms with Crippen LogP contribution in [0.2, 0.25) is 0 Å². The number of nitrogens with one attached hydrogen (secondary N) is 1. The van der Waals surface area contributed by atoms with Gasteiger partial charge in [-0.3, -0.25) is 4.98 Å². The molecule has 0 aliphatic heterocycles. The summed E-state index contributed by atoms with van der Waals surface area (Å²) in [6.45, 7) is 1.79. The van der Waals surface area contributed by atoms with Crippen LogP contribution in [0.4, 0.5) is 0 Å². The van der Waals surface area contributed by atoms with E-state index in [-0.39, 0.29) is 0 Å². The average Bonchev–Trinajstić information content (AvgIpc) is 2.14. The van der Waals surface area contributed by atoms with E-state index in [9.17, 15) is 0 Å². The number of rotatable bonds is 5. The zero-order valence-electron chi connectivity index (χ0n) is 6.96. The van der Waals surface area contributed by atoms with Crippen LogP contribution in [0.5, 0.6) is 0 Å². The lowest BCUT2D eigenvalue weighted by molar-refractivity contribution is 0.666. The molecule has 12 heavy (non-hydrogen) atoms. The van der Waals surface area contributed by atoms with Crippen LogP contribution in [0, 0.1) is 0 Å². The highest BCUT2D eigenvalue weighted by atomic mass is 35.5. The summed E-state index contributed by atoms with van der Waals surface area (Å²) < 4.78 is 0. The second kappa shape index (κ2) is 5.98. The molecule has 0 bridgehead atoms. The van der Waals surface area contributed by atoms with Gasteiger partial charge in [-0.15, -0.1) is 11.6 Å². The molecule has 0 atom stereocenters. The molecule has 0 aliphatic carbocycles. The van der Waals surface area contributed by atoms with E-state index in [1.807, 2.05) is 18.2 Å². The molecule has 0 spiro atoms. The van der Waals surface area contributed by atoms with Crippen LogP contribution in [-0.4, -0.2) is 17.4 Å². The van der Waals surface area contributed by atoms with Crippen molar-refractivity contribution in [2.75, 3.05) is 12.4 Å². The Bertz CT molecular complexity index is 201. The number of aromatic nitrogens is 1. The fourth-order valence-corrected chi connectivity index (χ4v) is 1.04. The van der Waals surface area contributed by atoms with Crippen molar-refractivity contribution in [2.45, 2.75) is 13.0 Å². The third-order valence-corrected chi connectivity index (χ3v) is 1.79. The van der Waals surface area contributed by atoms with E-state index in [1.165, 1.54) is 0 Å². The van der Waals surface area contributed by atoms with Crippen LogP contribution in [0.3, 0.4) is 0 Å². The van der Waals surface area contributed by atoms with Gasteiger partial charge in [-0.2, -0.15) is 0 Å². The van der Waals surface area contributed by atoms with Crippen LogP contribution >= 0.6 is 11.6 Å². The summed E-state index contributed by atoms with van der Waals surface area (Å²) in [6.07, 6.45) is 2.81. The lowest BCUT2D eigenvalue weighted by atomic mass is 10.3. The van der Waals surface area contributed by atoms with Gasteiger partial charge in [-0.25, -0.2) is 0 Å². The summed E-state index contributed by atoms with van der Waals surface area (Å²) in [5, 5.41) is 3.26. The molecule has 3 heteroatoms. The molecule has 0 fully saturated rings. The maximum atomic E-state index is 5.53. The zero-order valence-corrected chi connectivity index (χ0v) is 7.72. The van der Waals surface area contributed by atoms with Crippen molar-refractivity contribution in [3.05, 3.63) is 30.1 Å². The minimum Gasteiger partial charge on any atom is -0.311 e. The highest BCUT2D eigenvalue weighted by Crippen LogP contribution is 1.91. The quantitative estimate of drug-likeness (QED) is 0.558. The van der Waals surface area contributed by atoms with Crippen molar-refractivity contribution in [2.24, 2.45) is 0 Å². The Hall–Kier alpha value is -0.600. The molecule has 1 aromatic heterocycles. The van der Waals surface area contributed by atoms with Crippen molar-refractivity contribution in [3.63, 3.8) is 0 Å². The Morgan fingerprint density at radius 3 is 3.00 bits per heavy atom. The van der Waals surface area contributed by atoms with Crippen molar-refractivity contribution in [1.82, 2.24) is 10.3 Å². The molecule has 0 radical (unpaired) electrons. The van der Waals surface area contributed by atoms with Gasteiger partial charge in [0.15, 0.2) is 0 Å². The van der Waals surface area contributed by atoms with E-state index < -0.39 is 0 Å². The van der Waals surface area contributed by atoms with Crippen LogP contribution in [-0.2, 0) is 6.54 Å². The molecule has 1 N–H and O–H groups in total. The van der Waals surface area contributed by atoms with Crippen molar-refractivity contribution in [3.8, 4) is 0 Å². The van der Waals surface area contributed by atoms with Crippen LogP contribution < -0.4 is 5.32 Å². The zero-order chi connectivity index (χ0) is 8.65. The number of pyridine rings is 1. The second-order valence-electron chi connectivity index (χ2n) is 2.54. The van der Waals surface area contributed by atoms with Gasteiger partial charge in [0.2, 0.25) is 0 Å². The number of halogens is 1. The molecule has 0 unspecified atom stereocenters. The number of hydrogen-bond acceptors (Lipinski definition) is 2. The smallest absolute Gasteiger partial charge is 0.0541 e. The summed E-state index contributed by atoms with van der Waals surface area (Å²) in [4.78, 5) is 4.18. The topological polar surface area (TPSA) is 24.9 Å². The highest BCUT2D eigenvalue weighted by Gasteiger charge is 1.90. The standard InChI is InChI=1S/C9H13ClN2/c10-5-3-6-11-8-9-4-1-2-7-12-9/h1-2,4,7,11H,3,5-6,8H2. The van der Waals surface area contributed by atoms with Gasteiger partial charge < -0.3 is 5.32 Å². The van der Waals surface area contributed by atoms with Gasteiger partial charge in [0, 0.05) is 18.6 Å². The van der Waals surface area contributed by atoms with Crippen LogP contribution in [0.1, 0.15) is 12.1 Å². The van der Waals surface area contributed by atoms with Crippen molar-refractivity contribution in [1.29, 1.82) is 0 Å². The minimum atomic E-state index is 0.717. The minimum absolute atomic E-state index is 0.717. The van der Waals surface area contributed by atoms with Crippen LogP contribution in [0.15, 0.2) is 24.4 Å². The van der Waals surface area contributed by atoms with Gasteiger partial charge in [0.25, 0.3) is 0 Å². The molecule has 66 valence electrons. The molecule has 0 saturated carbocycles. The van der Waals surface area contributed by atoms with E-state index in [0.717, 1.165) is 31.1 Å². The molecule has 0 aromatic carbocycles. The Kier molecular flexibility index (Phi) is 4.73. The fraction of sp³-hybridized carbons (Fsp3) is 0.444. The average molecular weight is 185 g/mol. The Balaban J connectivity index is 2.16. The molecule has 0 saturated heterocycles. The molecule has 0 amide bonds. The first-order valence-corrected chi connectivity index (χ1v) is 4.63. The summed E-state index contributed by atoms with van der Waals surface area (Å²) in [7, 11) is 0. The Labute approximate surface area is 78.0 Å². The molecule has 2 nitrogen and oxygen atoms in total. The van der Waals surface area contributed by atoms with Gasteiger partial charge in [-0.1, -0.05) is 6.07 Å². The van der Waals surface area contributed by atoms with E-state index in [1.54, 1.807) is 6.20 Å². The van der Waals surface area contributed by atoms with E-state index in [4.69, 9.17) is 11.6 Å². The lowest BCUT2D eigenvalue weighted by Gasteiger charge is -2.01. The maximum Gasteiger partial charge on any atom is 0.0541 e. The van der Waals surface area contributed by atoms with Crippen molar-refractivity contribution >= 4 is 11.6 Å². The van der Waals surface area contributed by atoms with Gasteiger partial charge >= 0.3 is 0 Å². The number of alkyl halides is 1. The molecular weight excluding hydrogens is 172 g/mol. The molecule has 0 aliphatic rings. The molecule has 1 heterocycles.